The van der Waals surface area contributed by atoms with Gasteiger partial charge in [-0.05, 0) is 55.1 Å². The van der Waals surface area contributed by atoms with Crippen LogP contribution < -0.4 is 0 Å². The molecule has 1 aromatic carbocycles. The van der Waals surface area contributed by atoms with Gasteiger partial charge in [-0.15, -0.1) is 0 Å². The molecule has 30 heavy (non-hydrogen) atoms. The number of rotatable bonds is 6. The van der Waals surface area contributed by atoms with E-state index in [0.717, 1.165) is 43.5 Å². The third-order valence-electron chi connectivity index (χ3n) is 6.00. The van der Waals surface area contributed by atoms with Crippen molar-refractivity contribution in [1.29, 1.82) is 0 Å². The molecule has 1 saturated heterocycles. The molecule has 1 aliphatic rings. The molecule has 0 amide bonds. The quantitative estimate of drug-likeness (QED) is 0.655. The van der Waals surface area contributed by atoms with Crippen molar-refractivity contribution >= 4 is 9.84 Å². The fraction of sp³-hybridized carbons (Fsp3) is 0.391. The molecule has 0 atom stereocenters. The first-order chi connectivity index (χ1) is 14.4. The van der Waals surface area contributed by atoms with Gasteiger partial charge in [0.15, 0.2) is 9.84 Å². The maximum atomic E-state index is 12.2. The number of pyridine rings is 1. The summed E-state index contributed by atoms with van der Waals surface area (Å²) in [6.07, 6.45) is 9.38. The summed E-state index contributed by atoms with van der Waals surface area (Å²) in [4.78, 5) is 6.78. The zero-order valence-electron chi connectivity index (χ0n) is 17.5. The molecule has 0 unspecified atom stereocenters. The summed E-state index contributed by atoms with van der Waals surface area (Å²) < 4.78 is 24.3. The Labute approximate surface area is 178 Å². The van der Waals surface area contributed by atoms with Crippen LogP contribution in [0, 0.1) is 6.92 Å². The molecule has 1 aliphatic heterocycles. The lowest BCUT2D eigenvalue weighted by molar-refractivity contribution is 0.201. The molecule has 0 bridgehead atoms. The second-order valence-electron chi connectivity index (χ2n) is 8.23. The first-order valence-corrected chi connectivity index (χ1v) is 12.2. The van der Waals surface area contributed by atoms with Gasteiger partial charge in [0.1, 0.15) is 0 Å². The Balaban J connectivity index is 1.43. The summed E-state index contributed by atoms with van der Waals surface area (Å²) in [6, 6.07) is 10.5. The van der Waals surface area contributed by atoms with Gasteiger partial charge in [-0.1, -0.05) is 30.3 Å². The molecule has 6 nitrogen and oxygen atoms in total. The van der Waals surface area contributed by atoms with E-state index in [-0.39, 0.29) is 0 Å². The molecule has 0 saturated carbocycles. The average Bonchev–Trinajstić information content (AvgIpc) is 3.18. The number of nitrogens with one attached hydrogen (secondary N) is 1. The summed E-state index contributed by atoms with van der Waals surface area (Å²) in [5.41, 5.74) is 5.61. The minimum atomic E-state index is -3.29. The highest BCUT2D eigenvalue weighted by atomic mass is 32.2. The van der Waals surface area contributed by atoms with E-state index in [1.165, 1.54) is 29.3 Å². The summed E-state index contributed by atoms with van der Waals surface area (Å²) in [5, 5.41) is 7.56. The number of benzene rings is 1. The van der Waals surface area contributed by atoms with Crippen molar-refractivity contribution in [2.75, 3.05) is 19.3 Å². The Kier molecular flexibility index (Phi) is 6.01. The number of aromatic nitrogens is 3. The lowest BCUT2D eigenvalue weighted by Crippen LogP contribution is -2.33. The standard InChI is InChI=1S/C23H28N4O2S/c1-17-13-24-15-22(30(2,28)29)21(17)16-27-10-8-19(9-11-27)23-20(14-25-26-23)12-18-6-4-3-5-7-18/h3-7,13-15,19H,8-12,16H2,1-2H3,(H,25,26). The summed E-state index contributed by atoms with van der Waals surface area (Å²) in [6.45, 7) is 4.44. The van der Waals surface area contributed by atoms with Crippen LogP contribution in [0.25, 0.3) is 0 Å². The van der Waals surface area contributed by atoms with Crippen molar-refractivity contribution in [3.8, 4) is 0 Å². The minimum absolute atomic E-state index is 0.350. The summed E-state index contributed by atoms with van der Waals surface area (Å²) in [5.74, 6) is 0.454. The third kappa shape index (κ3) is 4.63. The van der Waals surface area contributed by atoms with Gasteiger partial charge in [-0.25, -0.2) is 8.42 Å². The van der Waals surface area contributed by atoms with E-state index >= 15 is 0 Å². The molecule has 2 aromatic heterocycles. The van der Waals surface area contributed by atoms with E-state index in [4.69, 9.17) is 0 Å². The Hall–Kier alpha value is -2.51. The van der Waals surface area contributed by atoms with Crippen molar-refractivity contribution < 1.29 is 8.42 Å². The number of hydrogen-bond donors (Lipinski definition) is 1. The van der Waals surface area contributed by atoms with Gasteiger partial charge in [0.25, 0.3) is 0 Å². The van der Waals surface area contributed by atoms with Gasteiger partial charge in [0.05, 0.1) is 11.1 Å². The predicted molar refractivity (Wildman–Crippen MR) is 117 cm³/mol. The normalized spacial score (nSPS) is 16.1. The van der Waals surface area contributed by atoms with Gasteiger partial charge in [-0.3, -0.25) is 15.0 Å². The maximum Gasteiger partial charge on any atom is 0.177 e. The van der Waals surface area contributed by atoms with Crippen molar-refractivity contribution in [2.45, 2.75) is 43.5 Å². The topological polar surface area (TPSA) is 79.0 Å². The van der Waals surface area contributed by atoms with E-state index in [2.05, 4.69) is 44.3 Å². The zero-order valence-corrected chi connectivity index (χ0v) is 18.3. The highest BCUT2D eigenvalue weighted by molar-refractivity contribution is 7.90. The molecule has 0 aliphatic carbocycles. The van der Waals surface area contributed by atoms with Gasteiger partial charge in [0.2, 0.25) is 0 Å². The average molecular weight is 425 g/mol. The van der Waals surface area contributed by atoms with Gasteiger partial charge >= 0.3 is 0 Å². The van der Waals surface area contributed by atoms with Crippen LogP contribution >= 0.6 is 0 Å². The Bertz CT molecular complexity index is 1100. The van der Waals surface area contributed by atoms with Crippen LogP contribution in [-0.2, 0) is 22.8 Å². The van der Waals surface area contributed by atoms with E-state index in [1.54, 1.807) is 6.20 Å². The molecule has 1 fully saturated rings. The van der Waals surface area contributed by atoms with Crippen molar-refractivity contribution in [1.82, 2.24) is 20.1 Å². The largest absolute Gasteiger partial charge is 0.299 e. The number of nitrogens with zero attached hydrogens (tertiary/aromatic N) is 3. The minimum Gasteiger partial charge on any atom is -0.299 e. The SMILES string of the molecule is Cc1cncc(S(C)(=O)=O)c1CN1CCC(c2[nH]ncc2Cc2ccccc2)CC1. The highest BCUT2D eigenvalue weighted by Gasteiger charge is 2.26. The fourth-order valence-electron chi connectivity index (χ4n) is 4.32. The number of likely N-dealkylation sites (tertiary alicyclic amines) is 1. The zero-order chi connectivity index (χ0) is 21.1. The molecular formula is C23H28N4O2S. The van der Waals surface area contributed by atoms with Crippen LogP contribution in [0.15, 0.2) is 53.8 Å². The number of aryl methyl sites for hydroxylation is 1. The van der Waals surface area contributed by atoms with Crippen LogP contribution in [0.4, 0.5) is 0 Å². The van der Waals surface area contributed by atoms with Crippen LogP contribution in [0.1, 0.15) is 46.7 Å². The number of piperidine rings is 1. The number of H-pyrrole nitrogens is 1. The van der Waals surface area contributed by atoms with Crippen molar-refractivity contribution in [3.63, 3.8) is 0 Å². The van der Waals surface area contributed by atoms with E-state index in [9.17, 15) is 8.42 Å². The second-order valence-corrected chi connectivity index (χ2v) is 10.2. The van der Waals surface area contributed by atoms with E-state index < -0.39 is 9.84 Å². The lowest BCUT2D eigenvalue weighted by atomic mass is 9.89. The van der Waals surface area contributed by atoms with Crippen LogP contribution in [-0.4, -0.2) is 47.8 Å². The lowest BCUT2D eigenvalue weighted by Gasteiger charge is -2.32. The summed E-state index contributed by atoms with van der Waals surface area (Å²) in [7, 11) is -3.29. The van der Waals surface area contributed by atoms with Gasteiger partial charge in [-0.2, -0.15) is 5.10 Å². The highest BCUT2D eigenvalue weighted by Crippen LogP contribution is 2.31. The van der Waals surface area contributed by atoms with Crippen molar-refractivity contribution in [2.24, 2.45) is 0 Å². The molecule has 0 radical (unpaired) electrons. The smallest absolute Gasteiger partial charge is 0.177 e. The monoisotopic (exact) mass is 424 g/mol. The Morgan fingerprint density at radius 2 is 1.83 bits per heavy atom. The van der Waals surface area contributed by atoms with Crippen molar-refractivity contribution in [3.05, 3.63) is 76.9 Å². The van der Waals surface area contributed by atoms with Crippen LogP contribution in [0.2, 0.25) is 0 Å². The Morgan fingerprint density at radius 3 is 2.53 bits per heavy atom. The Morgan fingerprint density at radius 1 is 1.10 bits per heavy atom. The molecule has 7 heteroatoms. The van der Waals surface area contributed by atoms with Crippen LogP contribution in [0.3, 0.4) is 0 Å². The first kappa shape index (κ1) is 20.8. The molecule has 1 N–H and O–H groups in total. The number of hydrogen-bond acceptors (Lipinski definition) is 5. The number of sulfone groups is 1. The fourth-order valence-corrected chi connectivity index (χ4v) is 5.25. The predicted octanol–water partition coefficient (Wildman–Crippen LogP) is 3.49. The second kappa shape index (κ2) is 8.70. The molecular weight excluding hydrogens is 396 g/mol. The number of aromatic amines is 1. The van der Waals surface area contributed by atoms with Gasteiger partial charge in [0, 0.05) is 43.2 Å². The first-order valence-electron chi connectivity index (χ1n) is 10.3. The molecule has 158 valence electrons. The molecule has 3 heterocycles. The summed E-state index contributed by atoms with van der Waals surface area (Å²) >= 11 is 0. The molecule has 3 aromatic rings. The van der Waals surface area contributed by atoms with E-state index in [1.807, 2.05) is 19.2 Å². The molecule has 4 rings (SSSR count). The van der Waals surface area contributed by atoms with Gasteiger partial charge < -0.3 is 0 Å². The third-order valence-corrected chi connectivity index (χ3v) is 7.15. The van der Waals surface area contributed by atoms with E-state index in [0.29, 0.717) is 17.4 Å². The molecule has 0 spiro atoms. The maximum absolute atomic E-state index is 12.2. The van der Waals surface area contributed by atoms with Crippen LogP contribution in [0.5, 0.6) is 0 Å².